The molecule has 0 aromatic carbocycles. The molecule has 2 aromatic heterocycles. The second kappa shape index (κ2) is 5.31. The summed E-state index contributed by atoms with van der Waals surface area (Å²) in [4.78, 5) is 12.5. The van der Waals surface area contributed by atoms with Gasteiger partial charge in [0.15, 0.2) is 0 Å². The summed E-state index contributed by atoms with van der Waals surface area (Å²) in [6.45, 7) is 1.94. The standard InChI is InChI=1S/C12H15N5O2/c1-18-10-5-9(14-7-15-10)11-16-12(19-17-11)8-3-2-4-13-6-8/h5,7-8,13H,2-4,6H2,1H3. The van der Waals surface area contributed by atoms with Gasteiger partial charge in [0.05, 0.1) is 13.0 Å². The largest absolute Gasteiger partial charge is 0.481 e. The molecule has 3 heterocycles. The Balaban J connectivity index is 1.83. The molecule has 0 spiro atoms. The topological polar surface area (TPSA) is 86.0 Å². The SMILES string of the molecule is COc1cc(-c2noc(C3CCCNC3)n2)ncn1. The van der Waals surface area contributed by atoms with E-state index in [9.17, 15) is 0 Å². The Morgan fingerprint density at radius 2 is 2.37 bits per heavy atom. The smallest absolute Gasteiger partial charge is 0.231 e. The minimum Gasteiger partial charge on any atom is -0.481 e. The van der Waals surface area contributed by atoms with Gasteiger partial charge in [0.2, 0.25) is 17.6 Å². The van der Waals surface area contributed by atoms with Crippen LogP contribution >= 0.6 is 0 Å². The van der Waals surface area contributed by atoms with E-state index in [2.05, 4.69) is 25.4 Å². The van der Waals surface area contributed by atoms with Gasteiger partial charge in [0.1, 0.15) is 12.0 Å². The number of nitrogens with one attached hydrogen (secondary N) is 1. The van der Waals surface area contributed by atoms with E-state index >= 15 is 0 Å². The van der Waals surface area contributed by atoms with Gasteiger partial charge in [-0.05, 0) is 19.4 Å². The third-order valence-corrected chi connectivity index (χ3v) is 3.17. The summed E-state index contributed by atoms with van der Waals surface area (Å²) >= 11 is 0. The first-order valence-electron chi connectivity index (χ1n) is 6.27. The first-order valence-corrected chi connectivity index (χ1v) is 6.27. The van der Waals surface area contributed by atoms with Crippen LogP contribution in [0.4, 0.5) is 0 Å². The van der Waals surface area contributed by atoms with Crippen LogP contribution in [0.15, 0.2) is 16.9 Å². The van der Waals surface area contributed by atoms with Crippen LogP contribution < -0.4 is 10.1 Å². The second-order valence-electron chi connectivity index (χ2n) is 4.45. The zero-order valence-electron chi connectivity index (χ0n) is 10.7. The quantitative estimate of drug-likeness (QED) is 0.882. The van der Waals surface area contributed by atoms with Gasteiger partial charge in [0, 0.05) is 12.6 Å². The minimum atomic E-state index is 0.290. The number of rotatable bonds is 3. The fraction of sp³-hybridized carbons (Fsp3) is 0.500. The number of nitrogens with zero attached hydrogens (tertiary/aromatic N) is 4. The molecule has 7 heteroatoms. The molecule has 1 atom stereocenters. The van der Waals surface area contributed by atoms with E-state index in [4.69, 9.17) is 9.26 Å². The highest BCUT2D eigenvalue weighted by Gasteiger charge is 2.22. The highest BCUT2D eigenvalue weighted by molar-refractivity contribution is 5.49. The summed E-state index contributed by atoms with van der Waals surface area (Å²) in [6.07, 6.45) is 3.62. The average Bonchev–Trinajstić information content (AvgIpc) is 2.98. The van der Waals surface area contributed by atoms with Gasteiger partial charge in [-0.15, -0.1) is 0 Å². The summed E-state index contributed by atoms with van der Waals surface area (Å²) in [5, 5.41) is 7.30. The van der Waals surface area contributed by atoms with Crippen molar-refractivity contribution in [3.05, 3.63) is 18.3 Å². The van der Waals surface area contributed by atoms with Crippen molar-refractivity contribution < 1.29 is 9.26 Å². The van der Waals surface area contributed by atoms with E-state index < -0.39 is 0 Å². The maximum Gasteiger partial charge on any atom is 0.231 e. The molecule has 19 heavy (non-hydrogen) atoms. The Bertz CT molecular complexity index is 551. The number of methoxy groups -OCH3 is 1. The molecule has 0 radical (unpaired) electrons. The number of aromatic nitrogens is 4. The van der Waals surface area contributed by atoms with Crippen LogP contribution in [0.2, 0.25) is 0 Å². The average molecular weight is 261 g/mol. The maximum atomic E-state index is 5.33. The molecule has 1 N–H and O–H groups in total. The predicted octanol–water partition coefficient (Wildman–Crippen LogP) is 1.00. The molecule has 1 saturated heterocycles. The lowest BCUT2D eigenvalue weighted by molar-refractivity contribution is 0.322. The highest BCUT2D eigenvalue weighted by Crippen LogP contribution is 2.24. The molecule has 0 bridgehead atoms. The number of piperidine rings is 1. The molecule has 1 aliphatic heterocycles. The zero-order valence-corrected chi connectivity index (χ0v) is 10.7. The number of hydrogen-bond donors (Lipinski definition) is 1. The van der Waals surface area contributed by atoms with Crippen LogP contribution in [-0.4, -0.2) is 40.3 Å². The van der Waals surface area contributed by atoms with Crippen LogP contribution in [0.1, 0.15) is 24.7 Å². The maximum absolute atomic E-state index is 5.33. The van der Waals surface area contributed by atoms with E-state index in [0.29, 0.717) is 29.2 Å². The fourth-order valence-corrected chi connectivity index (χ4v) is 2.14. The molecule has 0 saturated carbocycles. The molecule has 0 aliphatic carbocycles. The lowest BCUT2D eigenvalue weighted by Gasteiger charge is -2.18. The number of hydrogen-bond acceptors (Lipinski definition) is 7. The van der Waals surface area contributed by atoms with Crippen molar-refractivity contribution in [2.75, 3.05) is 20.2 Å². The molecule has 3 rings (SSSR count). The molecule has 1 fully saturated rings. The lowest BCUT2D eigenvalue weighted by atomic mass is 10.00. The Morgan fingerprint density at radius 3 is 3.16 bits per heavy atom. The summed E-state index contributed by atoms with van der Waals surface area (Å²) in [6, 6.07) is 1.69. The van der Waals surface area contributed by atoms with Gasteiger partial charge in [-0.3, -0.25) is 0 Å². The molecule has 0 amide bonds. The van der Waals surface area contributed by atoms with E-state index in [1.807, 2.05) is 0 Å². The van der Waals surface area contributed by atoms with Crippen molar-refractivity contribution in [1.82, 2.24) is 25.4 Å². The highest BCUT2D eigenvalue weighted by atomic mass is 16.5. The van der Waals surface area contributed by atoms with Crippen LogP contribution in [0.5, 0.6) is 5.88 Å². The van der Waals surface area contributed by atoms with E-state index in [1.165, 1.54) is 6.33 Å². The van der Waals surface area contributed by atoms with Crippen LogP contribution in [0.25, 0.3) is 11.5 Å². The molecule has 1 unspecified atom stereocenters. The molecular weight excluding hydrogens is 246 g/mol. The molecular formula is C12H15N5O2. The van der Waals surface area contributed by atoms with Crippen molar-refractivity contribution in [1.29, 1.82) is 0 Å². The summed E-state index contributed by atoms with van der Waals surface area (Å²) < 4.78 is 10.4. The van der Waals surface area contributed by atoms with E-state index in [1.54, 1.807) is 13.2 Å². The van der Waals surface area contributed by atoms with Gasteiger partial charge in [-0.25, -0.2) is 9.97 Å². The van der Waals surface area contributed by atoms with Crippen molar-refractivity contribution in [2.24, 2.45) is 0 Å². The summed E-state index contributed by atoms with van der Waals surface area (Å²) in [5.41, 5.74) is 0.602. The Hall–Kier alpha value is -2.02. The predicted molar refractivity (Wildman–Crippen MR) is 66.7 cm³/mol. The van der Waals surface area contributed by atoms with Crippen molar-refractivity contribution >= 4 is 0 Å². The molecule has 100 valence electrons. The first kappa shape index (κ1) is 12.0. The van der Waals surface area contributed by atoms with Gasteiger partial charge < -0.3 is 14.6 Å². The third kappa shape index (κ3) is 2.55. The Labute approximate surface area is 110 Å². The molecule has 2 aromatic rings. The Kier molecular flexibility index (Phi) is 3.37. The second-order valence-corrected chi connectivity index (χ2v) is 4.45. The first-order chi connectivity index (χ1) is 9.36. The Morgan fingerprint density at radius 1 is 1.42 bits per heavy atom. The zero-order chi connectivity index (χ0) is 13.1. The van der Waals surface area contributed by atoms with Crippen molar-refractivity contribution in [2.45, 2.75) is 18.8 Å². The van der Waals surface area contributed by atoms with E-state index in [0.717, 1.165) is 25.9 Å². The lowest BCUT2D eigenvalue weighted by Crippen LogP contribution is -2.28. The van der Waals surface area contributed by atoms with Crippen molar-refractivity contribution in [3.63, 3.8) is 0 Å². The molecule has 7 nitrogen and oxygen atoms in total. The van der Waals surface area contributed by atoms with E-state index in [-0.39, 0.29) is 0 Å². The minimum absolute atomic E-state index is 0.290. The third-order valence-electron chi connectivity index (χ3n) is 3.17. The van der Waals surface area contributed by atoms with Gasteiger partial charge >= 0.3 is 0 Å². The van der Waals surface area contributed by atoms with Crippen LogP contribution in [0, 0.1) is 0 Å². The van der Waals surface area contributed by atoms with Gasteiger partial charge in [-0.1, -0.05) is 5.16 Å². The van der Waals surface area contributed by atoms with Crippen molar-refractivity contribution in [3.8, 4) is 17.4 Å². The molecule has 1 aliphatic rings. The van der Waals surface area contributed by atoms with Crippen LogP contribution in [0.3, 0.4) is 0 Å². The summed E-state index contributed by atoms with van der Waals surface area (Å²) in [7, 11) is 1.56. The summed E-state index contributed by atoms with van der Waals surface area (Å²) in [5.74, 6) is 1.91. The van der Waals surface area contributed by atoms with Gasteiger partial charge in [0.25, 0.3) is 0 Å². The monoisotopic (exact) mass is 261 g/mol. The van der Waals surface area contributed by atoms with Gasteiger partial charge in [-0.2, -0.15) is 4.98 Å². The van der Waals surface area contributed by atoms with Crippen LogP contribution in [-0.2, 0) is 0 Å². The fourth-order valence-electron chi connectivity index (χ4n) is 2.14. The normalized spacial score (nSPS) is 19.3. The number of ether oxygens (including phenoxy) is 1.